The quantitative estimate of drug-likeness (QED) is 0.761. The molecule has 0 saturated heterocycles. The zero-order valence-corrected chi connectivity index (χ0v) is 10.2. The first-order valence-electron chi connectivity index (χ1n) is 5.44. The van der Waals surface area contributed by atoms with Crippen LogP contribution in [0.3, 0.4) is 0 Å². The molecule has 0 amide bonds. The lowest BCUT2D eigenvalue weighted by atomic mass is 10.1. The van der Waals surface area contributed by atoms with Crippen LogP contribution >= 0.6 is 11.3 Å². The molecular formula is C12H21NS. The lowest BCUT2D eigenvalue weighted by Crippen LogP contribution is -2.29. The van der Waals surface area contributed by atoms with E-state index in [1.807, 2.05) is 11.3 Å². The molecule has 1 N–H and O–H groups in total. The van der Waals surface area contributed by atoms with Crippen molar-refractivity contribution in [2.45, 2.75) is 39.7 Å². The summed E-state index contributed by atoms with van der Waals surface area (Å²) in [7, 11) is 0. The Kier molecular flexibility index (Phi) is 5.20. The van der Waals surface area contributed by atoms with Crippen LogP contribution in [0.25, 0.3) is 0 Å². The molecule has 1 nitrogen and oxygen atoms in total. The highest BCUT2D eigenvalue weighted by Crippen LogP contribution is 2.09. The molecule has 0 unspecified atom stereocenters. The summed E-state index contributed by atoms with van der Waals surface area (Å²) in [4.78, 5) is 1.48. The van der Waals surface area contributed by atoms with Crippen molar-refractivity contribution in [3.8, 4) is 0 Å². The van der Waals surface area contributed by atoms with Crippen molar-refractivity contribution in [1.29, 1.82) is 0 Å². The summed E-state index contributed by atoms with van der Waals surface area (Å²) in [6.07, 6.45) is 2.44. The summed E-state index contributed by atoms with van der Waals surface area (Å²) in [6, 6.07) is 4.98. The first-order chi connectivity index (χ1) is 6.68. The molecular weight excluding hydrogens is 190 g/mol. The molecule has 0 aliphatic heterocycles. The van der Waals surface area contributed by atoms with E-state index in [1.54, 1.807) is 0 Å². The highest BCUT2D eigenvalue weighted by Gasteiger charge is 2.03. The third kappa shape index (κ3) is 4.77. The Morgan fingerprint density at radius 3 is 2.71 bits per heavy atom. The Bertz CT molecular complexity index is 228. The van der Waals surface area contributed by atoms with Gasteiger partial charge in [0.2, 0.25) is 0 Å². The maximum atomic E-state index is 3.56. The van der Waals surface area contributed by atoms with Gasteiger partial charge in [-0.05, 0) is 37.1 Å². The van der Waals surface area contributed by atoms with Crippen LogP contribution in [-0.4, -0.2) is 12.6 Å². The molecule has 0 saturated carbocycles. The van der Waals surface area contributed by atoms with Gasteiger partial charge in [-0.15, -0.1) is 11.3 Å². The Morgan fingerprint density at radius 1 is 1.36 bits per heavy atom. The Hall–Kier alpha value is -0.340. The molecule has 0 bridgehead atoms. The molecule has 0 aliphatic rings. The largest absolute Gasteiger partial charge is 0.314 e. The van der Waals surface area contributed by atoms with Crippen LogP contribution in [0, 0.1) is 5.92 Å². The molecule has 2 heteroatoms. The minimum Gasteiger partial charge on any atom is -0.314 e. The van der Waals surface area contributed by atoms with Gasteiger partial charge < -0.3 is 5.32 Å². The van der Waals surface area contributed by atoms with Gasteiger partial charge >= 0.3 is 0 Å². The van der Waals surface area contributed by atoms with Gasteiger partial charge in [-0.2, -0.15) is 0 Å². The molecule has 0 spiro atoms. The normalized spacial score (nSPS) is 13.4. The molecule has 1 aromatic heterocycles. The van der Waals surface area contributed by atoms with Gasteiger partial charge in [-0.3, -0.25) is 0 Å². The fraction of sp³-hybridized carbons (Fsp3) is 0.667. The highest BCUT2D eigenvalue weighted by atomic mass is 32.1. The molecule has 1 rings (SSSR count). The van der Waals surface area contributed by atoms with Gasteiger partial charge in [0.15, 0.2) is 0 Å². The number of thiophene rings is 1. The lowest BCUT2D eigenvalue weighted by molar-refractivity contribution is 0.445. The van der Waals surface area contributed by atoms with E-state index in [4.69, 9.17) is 0 Å². The first-order valence-corrected chi connectivity index (χ1v) is 6.32. The van der Waals surface area contributed by atoms with Crippen LogP contribution in [0.4, 0.5) is 0 Å². The minimum atomic E-state index is 0.648. The van der Waals surface area contributed by atoms with Crippen molar-refractivity contribution < 1.29 is 0 Å². The maximum absolute atomic E-state index is 3.56. The van der Waals surface area contributed by atoms with Gasteiger partial charge in [-0.25, -0.2) is 0 Å². The zero-order valence-electron chi connectivity index (χ0n) is 9.42. The average Bonchev–Trinajstić information content (AvgIpc) is 2.55. The van der Waals surface area contributed by atoms with E-state index in [0.717, 1.165) is 12.5 Å². The van der Waals surface area contributed by atoms with E-state index in [-0.39, 0.29) is 0 Å². The van der Waals surface area contributed by atoms with E-state index in [0.29, 0.717) is 6.04 Å². The van der Waals surface area contributed by atoms with Gasteiger partial charge in [-0.1, -0.05) is 19.9 Å². The summed E-state index contributed by atoms with van der Waals surface area (Å²) < 4.78 is 0. The Labute approximate surface area is 91.5 Å². The Morgan fingerprint density at radius 2 is 2.14 bits per heavy atom. The lowest BCUT2D eigenvalue weighted by Gasteiger charge is -2.15. The molecule has 80 valence electrons. The van der Waals surface area contributed by atoms with Crippen LogP contribution in [0.5, 0.6) is 0 Å². The number of nitrogens with one attached hydrogen (secondary N) is 1. The molecule has 1 aromatic rings. The average molecular weight is 211 g/mol. The number of hydrogen-bond acceptors (Lipinski definition) is 2. The van der Waals surface area contributed by atoms with Gasteiger partial charge in [0, 0.05) is 17.5 Å². The minimum absolute atomic E-state index is 0.648. The molecule has 14 heavy (non-hydrogen) atoms. The van der Waals surface area contributed by atoms with Gasteiger partial charge in [0.25, 0.3) is 0 Å². The molecule has 0 aromatic carbocycles. The summed E-state index contributed by atoms with van der Waals surface area (Å²) in [5.74, 6) is 0.791. The van der Waals surface area contributed by atoms with Crippen LogP contribution < -0.4 is 5.32 Å². The van der Waals surface area contributed by atoms with Crippen LogP contribution in [0.2, 0.25) is 0 Å². The summed E-state index contributed by atoms with van der Waals surface area (Å²) in [5.41, 5.74) is 0. The van der Waals surface area contributed by atoms with E-state index in [1.165, 1.54) is 17.7 Å². The third-order valence-corrected chi connectivity index (χ3v) is 3.21. The van der Waals surface area contributed by atoms with Crippen LogP contribution in [-0.2, 0) is 6.42 Å². The predicted molar refractivity (Wildman–Crippen MR) is 64.9 cm³/mol. The third-order valence-electron chi connectivity index (χ3n) is 2.27. The van der Waals surface area contributed by atoms with Gasteiger partial charge in [0.05, 0.1) is 0 Å². The first kappa shape index (κ1) is 11.7. The molecule has 0 aliphatic carbocycles. The second kappa shape index (κ2) is 6.20. The maximum Gasteiger partial charge on any atom is 0.00578 e. The monoisotopic (exact) mass is 211 g/mol. The molecule has 0 fully saturated rings. The van der Waals surface area contributed by atoms with Crippen molar-refractivity contribution in [3.63, 3.8) is 0 Å². The Balaban J connectivity index is 2.09. The van der Waals surface area contributed by atoms with E-state index in [9.17, 15) is 0 Å². The van der Waals surface area contributed by atoms with Crippen molar-refractivity contribution >= 4 is 11.3 Å². The summed E-state index contributed by atoms with van der Waals surface area (Å²) in [6.45, 7) is 7.93. The standard InChI is InChI=1S/C12H21NS/c1-10(2)9-11(3)13-7-6-12-5-4-8-14-12/h4-5,8,10-11,13H,6-7,9H2,1-3H3/t11-/m1/s1. The molecule has 1 heterocycles. The van der Waals surface area contributed by atoms with E-state index < -0.39 is 0 Å². The second-order valence-electron chi connectivity index (χ2n) is 4.31. The summed E-state index contributed by atoms with van der Waals surface area (Å²) >= 11 is 1.85. The van der Waals surface area contributed by atoms with Crippen LogP contribution in [0.1, 0.15) is 32.1 Å². The smallest absolute Gasteiger partial charge is 0.00578 e. The summed E-state index contributed by atoms with van der Waals surface area (Å²) in [5, 5.41) is 5.70. The predicted octanol–water partition coefficient (Wildman–Crippen LogP) is 3.31. The highest BCUT2D eigenvalue weighted by molar-refractivity contribution is 7.09. The van der Waals surface area contributed by atoms with E-state index in [2.05, 4.69) is 43.6 Å². The van der Waals surface area contributed by atoms with Crippen molar-refractivity contribution in [2.75, 3.05) is 6.54 Å². The molecule has 1 atom stereocenters. The molecule has 0 radical (unpaired) electrons. The van der Waals surface area contributed by atoms with Crippen molar-refractivity contribution in [1.82, 2.24) is 5.32 Å². The fourth-order valence-electron chi connectivity index (χ4n) is 1.69. The number of hydrogen-bond donors (Lipinski definition) is 1. The SMILES string of the molecule is CC(C)C[C@@H](C)NCCc1cccs1. The van der Waals surface area contributed by atoms with Gasteiger partial charge in [0.1, 0.15) is 0 Å². The number of rotatable bonds is 6. The van der Waals surface area contributed by atoms with Crippen molar-refractivity contribution in [3.05, 3.63) is 22.4 Å². The zero-order chi connectivity index (χ0) is 10.4. The topological polar surface area (TPSA) is 12.0 Å². The van der Waals surface area contributed by atoms with E-state index >= 15 is 0 Å². The van der Waals surface area contributed by atoms with Crippen molar-refractivity contribution in [2.24, 2.45) is 5.92 Å². The van der Waals surface area contributed by atoms with Crippen LogP contribution in [0.15, 0.2) is 17.5 Å². The second-order valence-corrected chi connectivity index (χ2v) is 5.35. The fourth-order valence-corrected chi connectivity index (χ4v) is 2.40.